The van der Waals surface area contributed by atoms with Crippen molar-refractivity contribution in [1.82, 2.24) is 10.3 Å². The first-order valence-corrected chi connectivity index (χ1v) is 10.7. The minimum Gasteiger partial charge on any atom is -0.539 e. The molecular weight excluding hydrogens is 424 g/mol. The van der Waals surface area contributed by atoms with E-state index in [1.807, 2.05) is 62.4 Å². The molecule has 0 unspecified atom stereocenters. The number of rotatable bonds is 4. The number of hydrogen-bond donors (Lipinski definition) is 1. The van der Waals surface area contributed by atoms with E-state index < -0.39 is 11.7 Å². The zero-order valence-electron chi connectivity index (χ0n) is 17.3. The number of carbonyl (C=O) groups is 1. The van der Waals surface area contributed by atoms with Crippen LogP contribution in [-0.4, -0.2) is 16.0 Å². The molecule has 2 aromatic carbocycles. The zero-order chi connectivity index (χ0) is 22.4. The second-order valence-electron chi connectivity index (χ2n) is 7.55. The Kier molecular flexibility index (Phi) is 4.71. The van der Waals surface area contributed by atoms with Crippen LogP contribution >= 0.6 is 11.3 Å². The number of carbonyl (C=O) groups excluding carboxylic acids is 1. The first-order chi connectivity index (χ1) is 15.4. The molecule has 5 aromatic rings. The standard InChI is InChI=1S/C24H18N4O3S/c1-13-3-7-15(8-4-13)18-12-11-17-19(25)22(32-23(17)26-18)21(29)20-24(30)31-27-28(20)16-9-5-14(2)6-10-16/h3-12H,1-2H3,(H2-,25,27,29,30). The number of nitrogen functional groups attached to an aromatic ring is 1. The van der Waals surface area contributed by atoms with Crippen LogP contribution in [0.2, 0.25) is 0 Å². The third-order valence-electron chi connectivity index (χ3n) is 5.25. The van der Waals surface area contributed by atoms with Gasteiger partial charge in [-0.25, -0.2) is 4.98 Å². The minimum atomic E-state index is -0.819. The summed E-state index contributed by atoms with van der Waals surface area (Å²) in [6.45, 7) is 3.97. The number of thiophene rings is 1. The summed E-state index contributed by atoms with van der Waals surface area (Å²) in [5.74, 6) is -1.37. The first kappa shape index (κ1) is 19.9. The molecule has 0 saturated carbocycles. The van der Waals surface area contributed by atoms with Crippen molar-refractivity contribution in [3.63, 3.8) is 0 Å². The lowest BCUT2D eigenvalue weighted by atomic mass is 10.1. The summed E-state index contributed by atoms with van der Waals surface area (Å²) in [5.41, 5.74) is 10.9. The number of hydrogen-bond acceptors (Lipinski definition) is 7. The van der Waals surface area contributed by atoms with Gasteiger partial charge in [0.15, 0.2) is 5.95 Å². The quantitative estimate of drug-likeness (QED) is 0.336. The molecule has 0 atom stereocenters. The average Bonchev–Trinajstić information content (AvgIpc) is 3.34. The maximum atomic E-state index is 13.4. The molecule has 0 bridgehead atoms. The summed E-state index contributed by atoms with van der Waals surface area (Å²) in [6.07, 6.45) is 0. The van der Waals surface area contributed by atoms with Crippen molar-refractivity contribution in [1.29, 1.82) is 0 Å². The highest BCUT2D eigenvalue weighted by Crippen LogP contribution is 2.36. The van der Waals surface area contributed by atoms with Gasteiger partial charge >= 0.3 is 5.69 Å². The van der Waals surface area contributed by atoms with E-state index in [9.17, 15) is 9.90 Å². The van der Waals surface area contributed by atoms with Crippen LogP contribution in [0.15, 0.2) is 65.2 Å². The van der Waals surface area contributed by atoms with E-state index in [2.05, 4.69) is 5.27 Å². The number of anilines is 1. The Hall–Kier alpha value is -4.04. The lowest BCUT2D eigenvalue weighted by Crippen LogP contribution is -2.39. The third-order valence-corrected chi connectivity index (χ3v) is 6.37. The number of benzene rings is 2. The van der Waals surface area contributed by atoms with Crippen LogP contribution in [0.1, 0.15) is 26.5 Å². The number of fused-ring (bicyclic) bond motifs is 1. The maximum absolute atomic E-state index is 13.4. The fraction of sp³-hybridized carbons (Fsp3) is 0.0833. The van der Waals surface area contributed by atoms with Gasteiger partial charge in [-0.3, -0.25) is 4.79 Å². The van der Waals surface area contributed by atoms with Gasteiger partial charge in [-0.15, -0.1) is 11.3 Å². The van der Waals surface area contributed by atoms with Crippen LogP contribution in [0.4, 0.5) is 5.69 Å². The number of ketones is 1. The predicted molar refractivity (Wildman–Crippen MR) is 120 cm³/mol. The van der Waals surface area contributed by atoms with Gasteiger partial charge in [0, 0.05) is 23.1 Å². The molecule has 158 valence electrons. The monoisotopic (exact) mass is 442 g/mol. The van der Waals surface area contributed by atoms with Gasteiger partial charge in [0.25, 0.3) is 5.78 Å². The Bertz CT molecular complexity index is 1470. The van der Waals surface area contributed by atoms with Gasteiger partial charge in [0.1, 0.15) is 9.71 Å². The van der Waals surface area contributed by atoms with E-state index in [4.69, 9.17) is 15.2 Å². The molecule has 0 fully saturated rings. The van der Waals surface area contributed by atoms with Crippen molar-refractivity contribution < 1.29 is 19.1 Å². The van der Waals surface area contributed by atoms with Crippen LogP contribution in [0, 0.1) is 13.8 Å². The van der Waals surface area contributed by atoms with Crippen LogP contribution in [-0.2, 0) is 0 Å². The van der Waals surface area contributed by atoms with Gasteiger partial charge in [0.2, 0.25) is 5.69 Å². The van der Waals surface area contributed by atoms with Gasteiger partial charge < -0.3 is 15.4 Å². The summed E-state index contributed by atoms with van der Waals surface area (Å²) in [4.78, 5) is 18.9. The number of nitrogens with two attached hydrogens (primary N) is 1. The number of pyridine rings is 1. The highest BCUT2D eigenvalue weighted by atomic mass is 32.1. The molecule has 0 radical (unpaired) electrons. The number of aromatic nitrogens is 3. The largest absolute Gasteiger partial charge is 0.539 e. The molecule has 0 aliphatic heterocycles. The molecular formula is C24H18N4O3S. The van der Waals surface area contributed by atoms with Crippen molar-refractivity contribution in [2.24, 2.45) is 0 Å². The summed E-state index contributed by atoms with van der Waals surface area (Å²) >= 11 is 1.15. The Labute approximate surface area is 187 Å². The molecule has 0 spiro atoms. The van der Waals surface area contributed by atoms with E-state index >= 15 is 0 Å². The summed E-state index contributed by atoms with van der Waals surface area (Å²) in [7, 11) is 0. The SMILES string of the molecule is Cc1ccc(-c2ccc3c(N)c(C(=O)c4c([O-])on[n+]4-c4ccc(C)cc4)sc3n2)cc1. The van der Waals surface area contributed by atoms with Crippen molar-refractivity contribution in [3.05, 3.63) is 82.4 Å². The highest BCUT2D eigenvalue weighted by molar-refractivity contribution is 7.21. The average molecular weight is 443 g/mol. The fourth-order valence-corrected chi connectivity index (χ4v) is 4.49. The molecule has 3 aromatic heterocycles. The number of aryl methyl sites for hydroxylation is 2. The van der Waals surface area contributed by atoms with E-state index in [0.29, 0.717) is 15.9 Å². The van der Waals surface area contributed by atoms with Crippen molar-refractivity contribution in [2.45, 2.75) is 13.8 Å². The molecule has 0 aliphatic carbocycles. The van der Waals surface area contributed by atoms with Gasteiger partial charge in [0.05, 0.1) is 16.7 Å². The molecule has 5 rings (SSSR count). The minimum absolute atomic E-state index is 0.203. The molecule has 0 amide bonds. The van der Waals surface area contributed by atoms with Crippen molar-refractivity contribution in [3.8, 4) is 22.9 Å². The van der Waals surface area contributed by atoms with E-state index in [1.54, 1.807) is 12.1 Å². The lowest BCUT2D eigenvalue weighted by Gasteiger charge is -2.01. The van der Waals surface area contributed by atoms with Crippen LogP contribution in [0.3, 0.4) is 0 Å². The second kappa shape index (κ2) is 7.58. The fourth-order valence-electron chi connectivity index (χ4n) is 3.46. The molecule has 3 heterocycles. The van der Waals surface area contributed by atoms with Crippen LogP contribution < -0.4 is 15.5 Å². The van der Waals surface area contributed by atoms with Gasteiger partial charge in [-0.05, 0) is 30.7 Å². The second-order valence-corrected chi connectivity index (χ2v) is 8.54. The molecule has 8 heteroatoms. The number of nitrogens with zero attached hydrogens (tertiary/aromatic N) is 3. The normalized spacial score (nSPS) is 11.2. The Morgan fingerprint density at radius 3 is 2.34 bits per heavy atom. The van der Waals surface area contributed by atoms with Crippen LogP contribution in [0.25, 0.3) is 27.2 Å². The maximum Gasteiger partial charge on any atom is 0.312 e. The Morgan fingerprint density at radius 2 is 1.66 bits per heavy atom. The summed E-state index contributed by atoms with van der Waals surface area (Å²) in [5, 5.41) is 16.8. The van der Waals surface area contributed by atoms with E-state index in [-0.39, 0.29) is 16.3 Å². The van der Waals surface area contributed by atoms with Gasteiger partial charge in [-0.2, -0.15) is 0 Å². The van der Waals surface area contributed by atoms with Crippen molar-refractivity contribution in [2.75, 3.05) is 5.73 Å². The summed E-state index contributed by atoms with van der Waals surface area (Å²) < 4.78 is 6.02. The third kappa shape index (κ3) is 3.30. The molecule has 2 N–H and O–H groups in total. The van der Waals surface area contributed by atoms with E-state index in [0.717, 1.165) is 33.7 Å². The predicted octanol–water partition coefficient (Wildman–Crippen LogP) is 3.73. The van der Waals surface area contributed by atoms with Gasteiger partial charge in [-0.1, -0.05) is 47.5 Å². The lowest BCUT2D eigenvalue weighted by molar-refractivity contribution is -0.672. The Balaban J connectivity index is 1.59. The smallest absolute Gasteiger partial charge is 0.312 e. The molecule has 0 aliphatic rings. The molecule has 7 nitrogen and oxygen atoms in total. The van der Waals surface area contributed by atoms with Crippen LogP contribution in [0.5, 0.6) is 5.95 Å². The summed E-state index contributed by atoms with van der Waals surface area (Å²) in [6, 6.07) is 19.0. The zero-order valence-corrected chi connectivity index (χ0v) is 18.1. The molecule has 32 heavy (non-hydrogen) atoms. The highest BCUT2D eigenvalue weighted by Gasteiger charge is 2.32. The topological polar surface area (TPSA) is 109 Å². The van der Waals surface area contributed by atoms with Crippen molar-refractivity contribution >= 4 is 33.0 Å². The van der Waals surface area contributed by atoms with E-state index in [1.165, 1.54) is 4.68 Å². The first-order valence-electron chi connectivity index (χ1n) is 9.89. The Morgan fingerprint density at radius 1 is 1.00 bits per heavy atom. The molecule has 0 saturated heterocycles.